The van der Waals surface area contributed by atoms with E-state index in [1.807, 2.05) is 12.2 Å². The van der Waals surface area contributed by atoms with Crippen LogP contribution < -0.4 is 0 Å². The largest absolute Gasteiger partial charge is 0.462 e. The minimum Gasteiger partial charge on any atom is -0.462 e. The number of carbonyl (C=O) groups is 2. The smallest absolute Gasteiger partial charge is 0.306 e. The Labute approximate surface area is 293 Å². The van der Waals surface area contributed by atoms with E-state index in [0.717, 1.165) is 96.3 Å². The fourth-order valence-corrected chi connectivity index (χ4v) is 4.36. The predicted molar refractivity (Wildman–Crippen MR) is 205 cm³/mol. The Hall–Kier alpha value is -3.44. The Morgan fingerprint density at radius 2 is 0.875 bits per heavy atom. The van der Waals surface area contributed by atoms with E-state index in [0.29, 0.717) is 12.8 Å². The number of aliphatic hydroxyl groups excluding tert-OH is 1. The lowest BCUT2D eigenvalue weighted by Crippen LogP contribution is -2.28. The van der Waals surface area contributed by atoms with Gasteiger partial charge in [0.15, 0.2) is 6.10 Å². The molecule has 268 valence electrons. The van der Waals surface area contributed by atoms with Crippen LogP contribution >= 0.6 is 0 Å². The summed E-state index contributed by atoms with van der Waals surface area (Å²) in [5.74, 6) is -0.723. The minimum absolute atomic E-state index is 0.113. The first kappa shape index (κ1) is 44.6. The van der Waals surface area contributed by atoms with Crippen molar-refractivity contribution in [2.75, 3.05) is 13.2 Å². The van der Waals surface area contributed by atoms with Crippen molar-refractivity contribution in [2.24, 2.45) is 0 Å². The molecule has 5 nitrogen and oxygen atoms in total. The third kappa shape index (κ3) is 35.4. The average molecular weight is 663 g/mol. The Balaban J connectivity index is 3.78. The van der Waals surface area contributed by atoms with Gasteiger partial charge >= 0.3 is 11.9 Å². The molecule has 0 heterocycles. The number of hydrogen-bond donors (Lipinski definition) is 1. The standard InChI is InChI=1S/C43H66O5/c1-3-5-7-9-11-13-15-17-19-20-21-22-24-26-28-30-32-34-36-38-43(46)48-41(39-44)40-47-42(45)37-35-33-31-29-27-25-23-18-16-14-12-10-8-6-4-2/h5-8,11-14,17-19,21-23,26,28,32,34,41,44H,3-4,9-10,15-16,20,24-25,27,29-31,33,35-40H2,1-2H3/b7-5-,8-6-,13-11-,14-12-,19-17-,22-21-,23-18-,28-26-,34-32-. The van der Waals surface area contributed by atoms with Gasteiger partial charge in [-0.05, 0) is 83.5 Å². The number of allylic oxidation sites excluding steroid dienone is 18. The van der Waals surface area contributed by atoms with Gasteiger partial charge in [-0.1, -0.05) is 142 Å². The molecule has 0 amide bonds. The molecule has 0 rings (SSSR count). The van der Waals surface area contributed by atoms with Crippen molar-refractivity contribution < 1.29 is 24.2 Å². The summed E-state index contributed by atoms with van der Waals surface area (Å²) < 4.78 is 10.5. The molecular formula is C43H66O5. The number of aliphatic hydroxyl groups is 1. The van der Waals surface area contributed by atoms with Crippen LogP contribution in [-0.4, -0.2) is 36.4 Å². The van der Waals surface area contributed by atoms with E-state index in [2.05, 4.69) is 111 Å². The van der Waals surface area contributed by atoms with E-state index in [-0.39, 0.29) is 25.6 Å². The van der Waals surface area contributed by atoms with Gasteiger partial charge in [0.05, 0.1) is 6.61 Å². The van der Waals surface area contributed by atoms with Gasteiger partial charge in [0, 0.05) is 12.8 Å². The molecule has 1 atom stereocenters. The van der Waals surface area contributed by atoms with Crippen molar-refractivity contribution in [1.82, 2.24) is 0 Å². The Morgan fingerprint density at radius 3 is 1.33 bits per heavy atom. The van der Waals surface area contributed by atoms with Crippen LogP contribution in [0.15, 0.2) is 109 Å². The van der Waals surface area contributed by atoms with E-state index < -0.39 is 12.1 Å². The molecule has 0 aliphatic heterocycles. The molecule has 0 aromatic carbocycles. The second kappa shape index (κ2) is 38.0. The SMILES string of the molecule is CC/C=C\C/C=C\C/C=C\C/C=C\C/C=C\C/C=C\CCC(=O)OC(CO)COC(=O)CCCCCCC/C=C\C/C=C\C/C=C\CC. The maximum atomic E-state index is 12.1. The van der Waals surface area contributed by atoms with Crippen LogP contribution in [0.5, 0.6) is 0 Å². The molecule has 1 N–H and O–H groups in total. The lowest BCUT2D eigenvalue weighted by molar-refractivity contribution is -0.161. The van der Waals surface area contributed by atoms with Crippen molar-refractivity contribution >= 4 is 11.9 Å². The Bertz CT molecular complexity index is 1020. The molecule has 0 aromatic heterocycles. The predicted octanol–water partition coefficient (Wildman–Crippen LogP) is 11.5. The summed E-state index contributed by atoms with van der Waals surface area (Å²) in [7, 11) is 0. The molecule has 0 saturated heterocycles. The maximum absolute atomic E-state index is 12.1. The number of unbranched alkanes of at least 4 members (excludes halogenated alkanes) is 5. The molecule has 0 spiro atoms. The zero-order valence-corrected chi connectivity index (χ0v) is 30.2. The molecule has 0 aliphatic carbocycles. The summed E-state index contributed by atoms with van der Waals surface area (Å²) in [5.41, 5.74) is 0. The van der Waals surface area contributed by atoms with E-state index >= 15 is 0 Å². The zero-order chi connectivity index (χ0) is 35.0. The van der Waals surface area contributed by atoms with E-state index in [9.17, 15) is 14.7 Å². The van der Waals surface area contributed by atoms with E-state index in [1.54, 1.807) is 0 Å². The highest BCUT2D eigenvalue weighted by atomic mass is 16.6. The zero-order valence-electron chi connectivity index (χ0n) is 30.2. The molecule has 0 fully saturated rings. The monoisotopic (exact) mass is 662 g/mol. The van der Waals surface area contributed by atoms with Crippen molar-refractivity contribution in [3.05, 3.63) is 109 Å². The second-order valence-corrected chi connectivity index (χ2v) is 11.5. The molecular weight excluding hydrogens is 596 g/mol. The van der Waals surface area contributed by atoms with Crippen molar-refractivity contribution in [3.63, 3.8) is 0 Å². The van der Waals surface area contributed by atoms with Crippen molar-refractivity contribution in [3.8, 4) is 0 Å². The number of carbonyl (C=O) groups excluding carboxylic acids is 2. The van der Waals surface area contributed by atoms with Gasteiger partial charge in [-0.25, -0.2) is 0 Å². The highest BCUT2D eigenvalue weighted by molar-refractivity contribution is 5.70. The van der Waals surface area contributed by atoms with Gasteiger partial charge in [-0.2, -0.15) is 0 Å². The Morgan fingerprint density at radius 1 is 0.479 bits per heavy atom. The average Bonchev–Trinajstić information content (AvgIpc) is 3.09. The van der Waals surface area contributed by atoms with E-state index in [4.69, 9.17) is 9.47 Å². The third-order valence-corrected chi connectivity index (χ3v) is 7.08. The van der Waals surface area contributed by atoms with Gasteiger partial charge in [-0.3, -0.25) is 9.59 Å². The molecule has 0 saturated carbocycles. The molecule has 48 heavy (non-hydrogen) atoms. The fourth-order valence-electron chi connectivity index (χ4n) is 4.36. The normalized spacial score (nSPS) is 13.5. The van der Waals surface area contributed by atoms with Crippen LogP contribution in [0.3, 0.4) is 0 Å². The minimum atomic E-state index is -0.826. The van der Waals surface area contributed by atoms with Crippen LogP contribution in [0.1, 0.15) is 129 Å². The van der Waals surface area contributed by atoms with E-state index in [1.165, 1.54) is 0 Å². The van der Waals surface area contributed by atoms with Crippen LogP contribution in [0.25, 0.3) is 0 Å². The number of ether oxygens (including phenoxy) is 2. The molecule has 0 radical (unpaired) electrons. The summed E-state index contributed by atoms with van der Waals surface area (Å²) in [6.07, 6.45) is 54.4. The van der Waals surface area contributed by atoms with Crippen molar-refractivity contribution in [2.45, 2.75) is 136 Å². The second-order valence-electron chi connectivity index (χ2n) is 11.5. The topological polar surface area (TPSA) is 72.8 Å². The molecule has 0 aliphatic rings. The number of esters is 2. The van der Waals surface area contributed by atoms with Gasteiger partial charge in [0.25, 0.3) is 0 Å². The van der Waals surface area contributed by atoms with Gasteiger partial charge in [-0.15, -0.1) is 0 Å². The first-order valence-electron chi connectivity index (χ1n) is 18.4. The fraction of sp³-hybridized carbons (Fsp3) is 0.535. The molecule has 0 bridgehead atoms. The molecule has 5 heteroatoms. The maximum Gasteiger partial charge on any atom is 0.306 e. The number of rotatable bonds is 31. The lowest BCUT2D eigenvalue weighted by atomic mass is 10.1. The summed E-state index contributed by atoms with van der Waals surface area (Å²) in [5, 5.41) is 9.53. The first-order valence-corrected chi connectivity index (χ1v) is 18.4. The van der Waals surface area contributed by atoms with Crippen LogP contribution in [0.2, 0.25) is 0 Å². The van der Waals surface area contributed by atoms with Gasteiger partial charge in [0.2, 0.25) is 0 Å². The highest BCUT2D eigenvalue weighted by Crippen LogP contribution is 2.09. The molecule has 1 unspecified atom stereocenters. The summed E-state index contributed by atoms with van der Waals surface area (Å²) in [6, 6.07) is 0. The highest BCUT2D eigenvalue weighted by Gasteiger charge is 2.15. The van der Waals surface area contributed by atoms with Crippen LogP contribution in [0, 0.1) is 0 Å². The lowest BCUT2D eigenvalue weighted by Gasteiger charge is -2.15. The number of hydrogen-bond acceptors (Lipinski definition) is 5. The quantitative estimate of drug-likeness (QED) is 0.0454. The van der Waals surface area contributed by atoms with Crippen LogP contribution in [0.4, 0.5) is 0 Å². The van der Waals surface area contributed by atoms with Gasteiger partial charge in [0.1, 0.15) is 6.61 Å². The van der Waals surface area contributed by atoms with Crippen LogP contribution in [-0.2, 0) is 19.1 Å². The molecule has 0 aromatic rings. The summed E-state index contributed by atoms with van der Waals surface area (Å²) >= 11 is 0. The first-order chi connectivity index (χ1) is 23.6. The van der Waals surface area contributed by atoms with Crippen molar-refractivity contribution in [1.29, 1.82) is 0 Å². The third-order valence-electron chi connectivity index (χ3n) is 7.08. The summed E-state index contributed by atoms with van der Waals surface area (Å²) in [4.78, 5) is 24.2. The van der Waals surface area contributed by atoms with Gasteiger partial charge < -0.3 is 14.6 Å². The Kier molecular flexibility index (Phi) is 35.3. The summed E-state index contributed by atoms with van der Waals surface area (Å²) in [6.45, 7) is 3.80.